The van der Waals surface area contributed by atoms with Crippen molar-refractivity contribution in [3.05, 3.63) is 59.1 Å². The fraction of sp³-hybridized carbons (Fsp3) is 0.607. The fourth-order valence-electron chi connectivity index (χ4n) is 5.49. The Morgan fingerprint density at radius 2 is 2.09 bits per heavy atom. The molecule has 5 atom stereocenters. The number of aliphatic hydroxyl groups excluding tert-OH is 1. The highest BCUT2D eigenvalue weighted by Crippen LogP contribution is 2.57. The number of hydrogen-bond acceptors (Lipinski definition) is 4. The van der Waals surface area contributed by atoms with Crippen LogP contribution in [0.3, 0.4) is 0 Å². The van der Waals surface area contributed by atoms with Crippen molar-refractivity contribution >= 4 is 5.97 Å². The molecular formula is C28H40O4. The molecular weight excluding hydrogens is 400 g/mol. The third kappa shape index (κ3) is 5.28. The zero-order chi connectivity index (χ0) is 23.3. The first kappa shape index (κ1) is 24.6. The lowest BCUT2D eigenvalue weighted by Gasteiger charge is -2.53. The van der Waals surface area contributed by atoms with Gasteiger partial charge in [0.05, 0.1) is 6.26 Å². The van der Waals surface area contributed by atoms with Crippen molar-refractivity contribution in [1.82, 2.24) is 0 Å². The Bertz CT molecular complexity index is 874. The number of furan rings is 1. The van der Waals surface area contributed by atoms with Crippen molar-refractivity contribution in [1.29, 1.82) is 0 Å². The van der Waals surface area contributed by atoms with Crippen molar-refractivity contribution in [2.24, 2.45) is 17.3 Å². The van der Waals surface area contributed by atoms with Crippen LogP contribution in [-0.4, -0.2) is 17.2 Å². The summed E-state index contributed by atoms with van der Waals surface area (Å²) in [7, 11) is 0. The zero-order valence-corrected chi connectivity index (χ0v) is 20.4. The summed E-state index contributed by atoms with van der Waals surface area (Å²) in [6.07, 6.45) is 17.8. The van der Waals surface area contributed by atoms with Gasteiger partial charge in [-0.3, -0.25) is 0 Å². The van der Waals surface area contributed by atoms with E-state index >= 15 is 0 Å². The van der Waals surface area contributed by atoms with Crippen LogP contribution < -0.4 is 0 Å². The summed E-state index contributed by atoms with van der Waals surface area (Å²) in [5, 5.41) is 11.0. The lowest BCUT2D eigenvalue weighted by atomic mass is 9.54. The van der Waals surface area contributed by atoms with Gasteiger partial charge in [0.2, 0.25) is 0 Å². The molecule has 0 saturated heterocycles. The van der Waals surface area contributed by atoms with Gasteiger partial charge in [0.15, 0.2) is 0 Å². The molecule has 32 heavy (non-hydrogen) atoms. The largest absolute Gasteiger partial charge is 0.466 e. The standard InChI is InChI=1S/C28H40O4/c1-6-7-8-9-10-12-19(2)13-11-14-25(29)32-24-16-15-23-26(30)27-22(20(3)18-31-27)17-28(23,5)21(24)4/h10-14,18,21,23-24,26,30H,6-9,15-17H2,1-5H3/t21-,23+,24+,26-,28+/m0/s1. The number of ether oxygens (including phenoxy) is 1. The Kier molecular flexibility index (Phi) is 8.21. The van der Waals surface area contributed by atoms with Crippen molar-refractivity contribution in [3.8, 4) is 0 Å². The predicted molar refractivity (Wildman–Crippen MR) is 128 cm³/mol. The number of esters is 1. The monoisotopic (exact) mass is 440 g/mol. The first-order valence-electron chi connectivity index (χ1n) is 12.2. The lowest BCUT2D eigenvalue weighted by Crippen LogP contribution is -2.51. The van der Waals surface area contributed by atoms with E-state index in [2.05, 4.69) is 32.9 Å². The Hall–Kier alpha value is -2.07. The van der Waals surface area contributed by atoms with E-state index < -0.39 is 6.10 Å². The number of hydrogen-bond donors (Lipinski definition) is 1. The molecule has 0 amide bonds. The van der Waals surface area contributed by atoms with Crippen LogP contribution in [0.2, 0.25) is 0 Å². The van der Waals surface area contributed by atoms with Crippen LogP contribution in [0.15, 0.2) is 46.6 Å². The summed E-state index contributed by atoms with van der Waals surface area (Å²) >= 11 is 0. The molecule has 0 radical (unpaired) electrons. The van der Waals surface area contributed by atoms with Crippen molar-refractivity contribution in [2.75, 3.05) is 0 Å². The van der Waals surface area contributed by atoms with Crippen molar-refractivity contribution < 1.29 is 19.1 Å². The van der Waals surface area contributed by atoms with E-state index in [1.165, 1.54) is 25.3 Å². The normalized spacial score (nSPS) is 30.5. The number of unbranched alkanes of at least 4 members (excludes halogenated alkanes) is 3. The quantitative estimate of drug-likeness (QED) is 0.209. The molecule has 1 saturated carbocycles. The molecule has 0 aromatic carbocycles. The summed E-state index contributed by atoms with van der Waals surface area (Å²) in [5.74, 6) is 0.711. The van der Waals surface area contributed by atoms with Crippen molar-refractivity contribution in [2.45, 2.75) is 91.8 Å². The van der Waals surface area contributed by atoms with Gasteiger partial charge in [-0.25, -0.2) is 4.79 Å². The Labute approximate surface area is 193 Å². The minimum Gasteiger partial charge on any atom is -0.466 e. The molecule has 0 aliphatic heterocycles. The van der Waals surface area contributed by atoms with E-state index in [-0.39, 0.29) is 29.3 Å². The first-order chi connectivity index (χ1) is 15.3. The second-order valence-electron chi connectivity index (χ2n) is 10.0. The van der Waals surface area contributed by atoms with Gasteiger partial charge in [-0.2, -0.15) is 0 Å². The highest BCUT2D eigenvalue weighted by molar-refractivity contribution is 5.82. The molecule has 1 N–H and O–H groups in total. The topological polar surface area (TPSA) is 59.7 Å². The maximum absolute atomic E-state index is 12.5. The lowest BCUT2D eigenvalue weighted by molar-refractivity contribution is -0.160. The maximum atomic E-state index is 12.5. The number of aryl methyl sites for hydroxylation is 1. The summed E-state index contributed by atoms with van der Waals surface area (Å²) in [5.41, 5.74) is 3.20. The average molecular weight is 441 g/mol. The first-order valence-corrected chi connectivity index (χ1v) is 12.2. The second kappa shape index (κ2) is 10.7. The minimum absolute atomic E-state index is 0.121. The highest BCUT2D eigenvalue weighted by Gasteiger charge is 2.54. The zero-order valence-electron chi connectivity index (χ0n) is 20.4. The number of aliphatic hydroxyl groups is 1. The Morgan fingerprint density at radius 3 is 2.84 bits per heavy atom. The molecule has 2 aliphatic carbocycles. The van der Waals surface area contributed by atoms with Crippen LogP contribution >= 0.6 is 0 Å². The third-order valence-corrected chi connectivity index (χ3v) is 7.76. The van der Waals surface area contributed by atoms with Gasteiger partial charge in [0, 0.05) is 6.08 Å². The second-order valence-corrected chi connectivity index (χ2v) is 10.0. The Balaban J connectivity index is 1.58. The van der Waals surface area contributed by atoms with Crippen LogP contribution in [0.4, 0.5) is 0 Å². The van der Waals surface area contributed by atoms with Crippen LogP contribution in [0.5, 0.6) is 0 Å². The number of fused-ring (bicyclic) bond motifs is 2. The van der Waals surface area contributed by atoms with Crippen LogP contribution in [0.25, 0.3) is 0 Å². The SMILES string of the molecule is CCCCCC=CC(C)=CC=CC(=O)O[C@@H]1CC[C@@H]2[C@H](O)c3occ(C)c3C[C@]2(C)[C@H]1C. The minimum atomic E-state index is -0.584. The summed E-state index contributed by atoms with van der Waals surface area (Å²) in [6, 6.07) is 0. The Morgan fingerprint density at radius 1 is 1.31 bits per heavy atom. The molecule has 0 unspecified atom stereocenters. The number of allylic oxidation sites excluding steroid dienone is 5. The molecule has 3 rings (SSSR count). The summed E-state index contributed by atoms with van der Waals surface area (Å²) in [4.78, 5) is 12.5. The summed E-state index contributed by atoms with van der Waals surface area (Å²) in [6.45, 7) is 10.7. The van der Waals surface area contributed by atoms with Gasteiger partial charge in [0.1, 0.15) is 18.0 Å². The number of rotatable bonds is 8. The van der Waals surface area contributed by atoms with E-state index in [1.807, 2.05) is 19.9 Å². The van der Waals surface area contributed by atoms with Crippen LogP contribution in [0.1, 0.15) is 89.2 Å². The number of carbonyl (C=O) groups is 1. The molecule has 2 aliphatic rings. The highest BCUT2D eigenvalue weighted by atomic mass is 16.5. The molecule has 0 spiro atoms. The molecule has 4 nitrogen and oxygen atoms in total. The van der Waals surface area contributed by atoms with Crippen LogP contribution in [0, 0.1) is 24.2 Å². The maximum Gasteiger partial charge on any atom is 0.331 e. The van der Waals surface area contributed by atoms with Crippen molar-refractivity contribution in [3.63, 3.8) is 0 Å². The van der Waals surface area contributed by atoms with E-state index in [4.69, 9.17) is 9.15 Å². The number of carbonyl (C=O) groups excluding carboxylic acids is 1. The molecule has 1 aromatic heterocycles. The van der Waals surface area contributed by atoms with Gasteiger partial charge in [-0.05, 0) is 74.3 Å². The van der Waals surface area contributed by atoms with Gasteiger partial charge in [-0.15, -0.1) is 0 Å². The van der Waals surface area contributed by atoms with Gasteiger partial charge in [-0.1, -0.05) is 63.5 Å². The van der Waals surface area contributed by atoms with E-state index in [0.717, 1.165) is 48.1 Å². The molecule has 1 aromatic rings. The molecule has 1 fully saturated rings. The van der Waals surface area contributed by atoms with E-state index in [1.54, 1.807) is 12.3 Å². The molecule has 4 heteroatoms. The van der Waals surface area contributed by atoms with Crippen LogP contribution in [-0.2, 0) is 16.0 Å². The molecule has 1 heterocycles. The van der Waals surface area contributed by atoms with Gasteiger partial charge in [0.25, 0.3) is 0 Å². The van der Waals surface area contributed by atoms with E-state index in [0.29, 0.717) is 0 Å². The third-order valence-electron chi connectivity index (χ3n) is 7.76. The fourth-order valence-corrected chi connectivity index (χ4v) is 5.49. The molecule has 0 bridgehead atoms. The van der Waals surface area contributed by atoms with Gasteiger partial charge >= 0.3 is 5.97 Å². The van der Waals surface area contributed by atoms with E-state index in [9.17, 15) is 9.90 Å². The predicted octanol–water partition coefficient (Wildman–Crippen LogP) is 6.78. The molecule has 176 valence electrons. The average Bonchev–Trinajstić information content (AvgIpc) is 3.11. The summed E-state index contributed by atoms with van der Waals surface area (Å²) < 4.78 is 11.6. The van der Waals surface area contributed by atoms with Gasteiger partial charge < -0.3 is 14.3 Å². The smallest absolute Gasteiger partial charge is 0.331 e.